The molecule has 0 saturated carbocycles. The van der Waals surface area contributed by atoms with E-state index in [2.05, 4.69) is 65.3 Å². The van der Waals surface area contributed by atoms with Gasteiger partial charge >= 0.3 is 0 Å². The number of nitrogens with zero attached hydrogens (tertiary/aromatic N) is 1. The Morgan fingerprint density at radius 1 is 1.18 bits per heavy atom. The van der Waals surface area contributed by atoms with Crippen LogP contribution in [0.3, 0.4) is 0 Å². The molecule has 0 spiro atoms. The highest BCUT2D eigenvalue weighted by Gasteiger charge is 2.46. The summed E-state index contributed by atoms with van der Waals surface area (Å²) in [5.41, 5.74) is 0.268. The first-order chi connectivity index (χ1) is 7.60. The van der Waals surface area contributed by atoms with Crippen LogP contribution in [-0.2, 0) is 4.57 Å². The van der Waals surface area contributed by atoms with Gasteiger partial charge in [-0.1, -0.05) is 32.9 Å². The van der Waals surface area contributed by atoms with E-state index in [0.717, 1.165) is 6.16 Å². The van der Waals surface area contributed by atoms with Gasteiger partial charge in [-0.2, -0.15) is 0 Å². The second-order valence-corrected chi connectivity index (χ2v) is 9.64. The fourth-order valence-corrected chi connectivity index (χ4v) is 7.39. The lowest BCUT2D eigenvalue weighted by atomic mass is 9.92. The highest BCUT2D eigenvalue weighted by Crippen LogP contribution is 2.64. The van der Waals surface area contributed by atoms with E-state index >= 15 is 0 Å². The van der Waals surface area contributed by atoms with Crippen LogP contribution in [0.5, 0.6) is 0 Å². The third kappa shape index (κ3) is 2.85. The Morgan fingerprint density at radius 3 is 2.00 bits per heavy atom. The van der Waals surface area contributed by atoms with Crippen LogP contribution in [0.15, 0.2) is 12.2 Å². The summed E-state index contributed by atoms with van der Waals surface area (Å²) in [5, 5.41) is 0. The van der Waals surface area contributed by atoms with E-state index in [0.29, 0.717) is 12.1 Å². The van der Waals surface area contributed by atoms with Crippen molar-refractivity contribution in [3.63, 3.8) is 0 Å². The first kappa shape index (κ1) is 15.0. The minimum atomic E-state index is -2.30. The van der Waals surface area contributed by atoms with Gasteiger partial charge in [0.25, 0.3) is 0 Å². The van der Waals surface area contributed by atoms with Gasteiger partial charge in [-0.3, -0.25) is 0 Å². The normalized spacial score (nSPS) is 29.9. The maximum Gasteiger partial charge on any atom is 0.161 e. The van der Waals surface area contributed by atoms with Crippen molar-refractivity contribution in [2.75, 3.05) is 6.16 Å². The van der Waals surface area contributed by atoms with Gasteiger partial charge in [-0.25, -0.2) is 4.67 Å². The Hall–Kier alpha value is -0.0700. The molecule has 1 rings (SSSR count). The van der Waals surface area contributed by atoms with Gasteiger partial charge < -0.3 is 4.57 Å². The molecule has 0 fully saturated rings. The van der Waals surface area contributed by atoms with Crippen LogP contribution < -0.4 is 0 Å². The van der Waals surface area contributed by atoms with Crippen LogP contribution in [0, 0.1) is 5.41 Å². The number of hydrogen-bond donors (Lipinski definition) is 0. The molecule has 0 bridgehead atoms. The third-order valence-electron chi connectivity index (χ3n) is 3.46. The molecule has 17 heavy (non-hydrogen) atoms. The molecule has 0 aromatic rings. The molecule has 2 atom stereocenters. The number of hydrogen-bond acceptors (Lipinski definition) is 1. The van der Waals surface area contributed by atoms with E-state index in [9.17, 15) is 4.57 Å². The first-order valence-corrected chi connectivity index (χ1v) is 8.56. The summed E-state index contributed by atoms with van der Waals surface area (Å²) in [4.78, 5) is 0. The molecule has 0 unspecified atom stereocenters. The molecule has 0 aromatic carbocycles. The molecule has 1 heterocycles. The van der Waals surface area contributed by atoms with Crippen molar-refractivity contribution in [1.29, 1.82) is 0 Å². The van der Waals surface area contributed by atoms with Gasteiger partial charge in [0.2, 0.25) is 0 Å². The molecule has 0 aliphatic carbocycles. The zero-order valence-corrected chi connectivity index (χ0v) is 13.3. The zero-order valence-electron chi connectivity index (χ0n) is 12.4. The maximum absolute atomic E-state index is 13.4. The average molecular weight is 257 g/mol. The minimum Gasteiger partial charge on any atom is -0.306 e. The molecule has 2 nitrogen and oxygen atoms in total. The molecule has 0 radical (unpaired) electrons. The predicted octanol–water partition coefficient (Wildman–Crippen LogP) is 4.37. The minimum absolute atomic E-state index is 0.0740. The SMILES string of the molecule is CC(C)N(C(C)C)[P@@]1(=O)CC=C[C@H]1C(C)(C)C. The second-order valence-electron chi connectivity index (χ2n) is 6.74. The van der Waals surface area contributed by atoms with Gasteiger partial charge in [0.1, 0.15) is 0 Å². The monoisotopic (exact) mass is 257 g/mol. The molecule has 100 valence electrons. The van der Waals surface area contributed by atoms with Crippen LogP contribution in [0.25, 0.3) is 0 Å². The molecule has 0 aromatic heterocycles. The Kier molecular flexibility index (Phi) is 4.32. The van der Waals surface area contributed by atoms with Crippen molar-refractivity contribution in [3.05, 3.63) is 12.2 Å². The van der Waals surface area contributed by atoms with Crippen LogP contribution in [0.1, 0.15) is 48.5 Å². The van der Waals surface area contributed by atoms with E-state index < -0.39 is 7.29 Å². The van der Waals surface area contributed by atoms with Gasteiger partial charge in [-0.15, -0.1) is 0 Å². The van der Waals surface area contributed by atoms with Crippen LogP contribution in [-0.4, -0.2) is 28.6 Å². The summed E-state index contributed by atoms with van der Waals surface area (Å²) >= 11 is 0. The second kappa shape index (κ2) is 4.90. The van der Waals surface area contributed by atoms with Crippen molar-refractivity contribution in [2.45, 2.75) is 66.2 Å². The van der Waals surface area contributed by atoms with E-state index in [1.165, 1.54) is 0 Å². The van der Waals surface area contributed by atoms with Gasteiger partial charge in [0.05, 0.1) is 0 Å². The largest absolute Gasteiger partial charge is 0.306 e. The Balaban J connectivity index is 3.13. The summed E-state index contributed by atoms with van der Waals surface area (Å²) in [5.74, 6) is 0. The molecular formula is C14H28NOP. The average Bonchev–Trinajstić information content (AvgIpc) is 2.44. The van der Waals surface area contributed by atoms with Crippen molar-refractivity contribution in [2.24, 2.45) is 5.41 Å². The Bertz CT molecular complexity index is 331. The van der Waals surface area contributed by atoms with E-state index in [-0.39, 0.29) is 11.1 Å². The molecular weight excluding hydrogens is 229 g/mol. The Morgan fingerprint density at radius 2 is 1.65 bits per heavy atom. The maximum atomic E-state index is 13.4. The highest BCUT2D eigenvalue weighted by molar-refractivity contribution is 7.63. The van der Waals surface area contributed by atoms with Crippen molar-refractivity contribution < 1.29 is 4.57 Å². The quantitative estimate of drug-likeness (QED) is 0.553. The fourth-order valence-electron chi connectivity index (χ4n) is 3.10. The zero-order chi connectivity index (χ0) is 13.4. The molecule has 0 saturated heterocycles. The van der Waals surface area contributed by atoms with Crippen LogP contribution in [0.2, 0.25) is 0 Å². The van der Waals surface area contributed by atoms with Crippen LogP contribution in [0.4, 0.5) is 0 Å². The lowest BCUT2D eigenvalue weighted by molar-refractivity contribution is 0.286. The van der Waals surface area contributed by atoms with Crippen molar-refractivity contribution in [3.8, 4) is 0 Å². The number of rotatable bonds is 3. The van der Waals surface area contributed by atoms with Crippen molar-refractivity contribution in [1.82, 2.24) is 4.67 Å². The lowest BCUT2D eigenvalue weighted by Gasteiger charge is -2.43. The van der Waals surface area contributed by atoms with Crippen LogP contribution >= 0.6 is 7.29 Å². The summed E-state index contributed by atoms with van der Waals surface area (Å²) in [6.45, 7) is 15.2. The summed E-state index contributed by atoms with van der Waals surface area (Å²) in [6, 6.07) is 0.677. The van der Waals surface area contributed by atoms with E-state index in [1.807, 2.05) is 0 Å². The van der Waals surface area contributed by atoms with Gasteiger partial charge in [0, 0.05) is 23.9 Å². The molecule has 0 N–H and O–H groups in total. The summed E-state index contributed by atoms with van der Waals surface area (Å²) < 4.78 is 15.7. The van der Waals surface area contributed by atoms with Gasteiger partial charge in [0.15, 0.2) is 7.29 Å². The molecule has 1 aliphatic heterocycles. The molecule has 1 aliphatic rings. The fraction of sp³-hybridized carbons (Fsp3) is 0.857. The lowest BCUT2D eigenvalue weighted by Crippen LogP contribution is -2.39. The predicted molar refractivity (Wildman–Crippen MR) is 77.0 cm³/mol. The smallest absolute Gasteiger partial charge is 0.161 e. The topological polar surface area (TPSA) is 20.3 Å². The Labute approximate surface area is 107 Å². The summed E-state index contributed by atoms with van der Waals surface area (Å²) in [7, 11) is -2.30. The standard InChI is InChI=1S/C14H28NOP/c1-11(2)15(12(3)4)17(16)10-8-9-13(17)14(5,6)7/h8-9,11-13H,10H2,1-7H3/t13-,17+/m0/s1. The number of allylic oxidation sites excluding steroid dienone is 2. The molecule has 0 amide bonds. The van der Waals surface area contributed by atoms with E-state index in [4.69, 9.17) is 0 Å². The third-order valence-corrected chi connectivity index (χ3v) is 7.71. The first-order valence-electron chi connectivity index (χ1n) is 6.65. The molecule has 3 heteroatoms. The van der Waals surface area contributed by atoms with Crippen molar-refractivity contribution >= 4 is 7.29 Å². The van der Waals surface area contributed by atoms with E-state index in [1.54, 1.807) is 0 Å². The highest BCUT2D eigenvalue weighted by atomic mass is 31.2. The summed E-state index contributed by atoms with van der Waals surface area (Å²) in [6.07, 6.45) is 5.04. The van der Waals surface area contributed by atoms with Gasteiger partial charge in [-0.05, 0) is 33.1 Å².